The van der Waals surface area contributed by atoms with Crippen LogP contribution in [-0.2, 0) is 0 Å². The molecular weight excluding hydrogens is 288 g/mol. The normalized spacial score (nSPS) is 11.6. The molecule has 0 amide bonds. The highest BCUT2D eigenvalue weighted by molar-refractivity contribution is 8.03. The summed E-state index contributed by atoms with van der Waals surface area (Å²) >= 11 is 1.68. The number of thioether (sulfide) groups is 1. The van der Waals surface area contributed by atoms with Crippen molar-refractivity contribution in [2.75, 3.05) is 0 Å². The fourth-order valence-electron chi connectivity index (χ4n) is 1.84. The van der Waals surface area contributed by atoms with Crippen LogP contribution in [0.25, 0.3) is 0 Å². The Kier molecular flexibility index (Phi) is 6.59. The van der Waals surface area contributed by atoms with Crippen molar-refractivity contribution in [3.05, 3.63) is 90.4 Å². The third kappa shape index (κ3) is 4.97. The van der Waals surface area contributed by atoms with E-state index in [2.05, 4.69) is 31.7 Å². The maximum Gasteiger partial charge on any atom is 0.141 e. The lowest BCUT2D eigenvalue weighted by Crippen LogP contribution is -1.86. The fourth-order valence-corrected chi connectivity index (χ4v) is 2.77. The lowest BCUT2D eigenvalue weighted by atomic mass is 10.3. The van der Waals surface area contributed by atoms with Crippen molar-refractivity contribution in [2.24, 2.45) is 0 Å². The minimum absolute atomic E-state index is 0.842. The number of hydrogen-bond donors (Lipinski definition) is 0. The molecule has 0 aliphatic rings. The molecule has 2 aromatic rings. The van der Waals surface area contributed by atoms with Gasteiger partial charge >= 0.3 is 0 Å². The Hall–Kier alpha value is -2.19. The lowest BCUT2D eigenvalue weighted by molar-refractivity contribution is 0.471. The molecule has 22 heavy (non-hydrogen) atoms. The van der Waals surface area contributed by atoms with Crippen molar-refractivity contribution in [3.8, 4) is 11.5 Å². The molecule has 0 heterocycles. The zero-order valence-corrected chi connectivity index (χ0v) is 13.6. The summed E-state index contributed by atoms with van der Waals surface area (Å²) in [4.78, 5) is 2.22. The van der Waals surface area contributed by atoms with Crippen LogP contribution in [0.2, 0.25) is 0 Å². The van der Waals surface area contributed by atoms with Crippen molar-refractivity contribution in [3.63, 3.8) is 0 Å². The van der Waals surface area contributed by atoms with Crippen LogP contribution in [-0.4, -0.2) is 0 Å². The van der Waals surface area contributed by atoms with Crippen LogP contribution in [0.4, 0.5) is 0 Å². The highest BCUT2D eigenvalue weighted by Crippen LogP contribution is 2.37. The molecule has 0 spiro atoms. The second-order valence-electron chi connectivity index (χ2n) is 4.58. The van der Waals surface area contributed by atoms with Gasteiger partial charge in [0.05, 0.1) is 4.90 Å². The summed E-state index contributed by atoms with van der Waals surface area (Å²) in [7, 11) is 0. The number of allylic oxidation sites excluding steroid dienone is 4. The van der Waals surface area contributed by atoms with E-state index in [4.69, 9.17) is 4.74 Å². The lowest BCUT2D eigenvalue weighted by Gasteiger charge is -2.11. The molecule has 0 fully saturated rings. The molecular formula is C20H20OS. The molecule has 0 aliphatic carbocycles. The van der Waals surface area contributed by atoms with Gasteiger partial charge in [-0.05, 0) is 36.8 Å². The Morgan fingerprint density at radius 3 is 2.55 bits per heavy atom. The molecule has 112 valence electrons. The van der Waals surface area contributed by atoms with Crippen LogP contribution in [0.3, 0.4) is 0 Å². The second-order valence-corrected chi connectivity index (χ2v) is 5.69. The summed E-state index contributed by atoms with van der Waals surface area (Å²) in [5, 5.41) is 0. The van der Waals surface area contributed by atoms with Crippen molar-refractivity contribution in [2.45, 2.75) is 18.2 Å². The van der Waals surface area contributed by atoms with Gasteiger partial charge in [0.25, 0.3) is 0 Å². The minimum atomic E-state index is 0.842. The van der Waals surface area contributed by atoms with Crippen LogP contribution in [0.15, 0.2) is 95.3 Å². The zero-order chi connectivity index (χ0) is 15.6. The first-order valence-electron chi connectivity index (χ1n) is 7.32. The van der Waals surface area contributed by atoms with Crippen LogP contribution >= 0.6 is 11.8 Å². The molecule has 2 heteroatoms. The van der Waals surface area contributed by atoms with Crippen molar-refractivity contribution < 1.29 is 4.74 Å². The third-order valence-electron chi connectivity index (χ3n) is 2.85. The molecule has 0 N–H and O–H groups in total. The standard InChI is InChI=1S/C20H20OS/c1-3-5-14-18(11-4-2)22-20-16-10-9-15-19(20)21-17-12-7-6-8-13-17/h4-16H,2-3H2,1H3/b14-5-,18-11+. The monoisotopic (exact) mass is 308 g/mol. The molecule has 0 aromatic heterocycles. The predicted molar refractivity (Wildman–Crippen MR) is 96.5 cm³/mol. The van der Waals surface area contributed by atoms with E-state index in [-0.39, 0.29) is 0 Å². The van der Waals surface area contributed by atoms with Crippen molar-refractivity contribution in [1.82, 2.24) is 0 Å². The van der Waals surface area contributed by atoms with Crippen LogP contribution in [0, 0.1) is 0 Å². The molecule has 0 bridgehead atoms. The molecule has 0 saturated heterocycles. The van der Waals surface area contributed by atoms with E-state index >= 15 is 0 Å². The summed E-state index contributed by atoms with van der Waals surface area (Å²) < 4.78 is 6.00. The van der Waals surface area contributed by atoms with Gasteiger partial charge < -0.3 is 4.74 Å². The Morgan fingerprint density at radius 2 is 1.82 bits per heavy atom. The number of benzene rings is 2. The van der Waals surface area contributed by atoms with Gasteiger partial charge in [0.2, 0.25) is 0 Å². The van der Waals surface area contributed by atoms with Crippen LogP contribution in [0.1, 0.15) is 13.3 Å². The Balaban J connectivity index is 2.22. The van der Waals surface area contributed by atoms with Gasteiger partial charge in [0, 0.05) is 4.91 Å². The summed E-state index contributed by atoms with van der Waals surface area (Å²) in [5.41, 5.74) is 0. The predicted octanol–water partition coefficient (Wildman–Crippen LogP) is 6.61. The molecule has 0 radical (unpaired) electrons. The largest absolute Gasteiger partial charge is 0.456 e. The molecule has 0 unspecified atom stereocenters. The Bertz CT molecular complexity index is 656. The number of para-hydroxylation sites is 2. The van der Waals surface area contributed by atoms with Gasteiger partial charge in [-0.2, -0.15) is 0 Å². The van der Waals surface area contributed by atoms with E-state index in [9.17, 15) is 0 Å². The maximum absolute atomic E-state index is 6.00. The second kappa shape index (κ2) is 8.96. The molecule has 2 aromatic carbocycles. The topological polar surface area (TPSA) is 9.23 Å². The molecule has 0 saturated carbocycles. The van der Waals surface area contributed by atoms with Gasteiger partial charge in [0.15, 0.2) is 0 Å². The minimum Gasteiger partial charge on any atom is -0.456 e. The SMILES string of the molecule is C=C/C=C(\C=C/CC)Sc1ccccc1Oc1ccccc1. The van der Waals surface area contributed by atoms with E-state index in [0.29, 0.717) is 0 Å². The van der Waals surface area contributed by atoms with E-state index in [1.54, 1.807) is 11.8 Å². The Labute approximate surface area is 137 Å². The number of hydrogen-bond acceptors (Lipinski definition) is 2. The van der Waals surface area contributed by atoms with E-state index in [1.807, 2.05) is 60.7 Å². The summed E-state index contributed by atoms with van der Waals surface area (Å²) in [6, 6.07) is 17.9. The van der Waals surface area contributed by atoms with E-state index in [1.165, 1.54) is 0 Å². The molecule has 2 rings (SSSR count). The third-order valence-corrected chi connectivity index (χ3v) is 3.91. The van der Waals surface area contributed by atoms with E-state index in [0.717, 1.165) is 27.7 Å². The van der Waals surface area contributed by atoms with Gasteiger partial charge in [-0.1, -0.05) is 73.8 Å². The van der Waals surface area contributed by atoms with Gasteiger partial charge in [-0.15, -0.1) is 0 Å². The first kappa shape index (κ1) is 16.2. The van der Waals surface area contributed by atoms with Crippen LogP contribution < -0.4 is 4.74 Å². The maximum atomic E-state index is 6.00. The van der Waals surface area contributed by atoms with Gasteiger partial charge in [-0.3, -0.25) is 0 Å². The summed E-state index contributed by atoms with van der Waals surface area (Å²) in [5.74, 6) is 1.70. The first-order chi connectivity index (χ1) is 10.8. The van der Waals surface area contributed by atoms with Gasteiger partial charge in [-0.25, -0.2) is 0 Å². The van der Waals surface area contributed by atoms with Crippen LogP contribution in [0.5, 0.6) is 11.5 Å². The smallest absolute Gasteiger partial charge is 0.141 e. The number of ether oxygens (including phenoxy) is 1. The Morgan fingerprint density at radius 1 is 1.09 bits per heavy atom. The molecule has 0 aliphatic heterocycles. The quantitative estimate of drug-likeness (QED) is 0.420. The highest BCUT2D eigenvalue weighted by Gasteiger charge is 2.06. The summed E-state index contributed by atoms with van der Waals surface area (Å²) in [6.07, 6.45) is 9.09. The zero-order valence-electron chi connectivity index (χ0n) is 12.7. The van der Waals surface area contributed by atoms with Crippen molar-refractivity contribution in [1.29, 1.82) is 0 Å². The van der Waals surface area contributed by atoms with E-state index < -0.39 is 0 Å². The molecule has 0 atom stereocenters. The summed E-state index contributed by atoms with van der Waals surface area (Å²) in [6.45, 7) is 5.91. The fraction of sp³-hybridized carbons (Fsp3) is 0.100. The average Bonchev–Trinajstić information content (AvgIpc) is 2.55. The van der Waals surface area contributed by atoms with Gasteiger partial charge in [0.1, 0.15) is 11.5 Å². The average molecular weight is 308 g/mol. The highest BCUT2D eigenvalue weighted by atomic mass is 32.2. The van der Waals surface area contributed by atoms with Crippen molar-refractivity contribution >= 4 is 11.8 Å². The first-order valence-corrected chi connectivity index (χ1v) is 8.14. The molecule has 1 nitrogen and oxygen atoms in total. The number of rotatable bonds is 7.